The largest absolute Gasteiger partial charge is 0.387 e. The van der Waals surface area contributed by atoms with Crippen LogP contribution in [-0.4, -0.2) is 32.7 Å². The molecular formula is C9H16N4O2S. The summed E-state index contributed by atoms with van der Waals surface area (Å²) >= 11 is 0. The number of aromatic nitrogens is 1. The second-order valence-electron chi connectivity index (χ2n) is 3.36. The highest BCUT2D eigenvalue weighted by molar-refractivity contribution is 7.89. The summed E-state index contributed by atoms with van der Waals surface area (Å²) in [5.74, 6) is -0.0147. The highest BCUT2D eigenvalue weighted by Gasteiger charge is 2.01. The molecule has 0 saturated carbocycles. The summed E-state index contributed by atoms with van der Waals surface area (Å²) in [5, 5.41) is 10.9. The quantitative estimate of drug-likeness (QED) is 0.622. The molecule has 0 radical (unpaired) electrons. The number of sulfonamides is 1. The molecule has 7 heteroatoms. The fourth-order valence-corrected chi connectivity index (χ4v) is 1.73. The van der Waals surface area contributed by atoms with E-state index in [0.29, 0.717) is 13.0 Å². The first-order chi connectivity index (χ1) is 7.51. The minimum absolute atomic E-state index is 0.0147. The van der Waals surface area contributed by atoms with Crippen molar-refractivity contribution in [2.24, 2.45) is 5.14 Å². The van der Waals surface area contributed by atoms with Crippen LogP contribution in [0.1, 0.15) is 6.42 Å². The number of rotatable bonds is 6. The summed E-state index contributed by atoms with van der Waals surface area (Å²) in [5.41, 5.74) is 1.75. The van der Waals surface area contributed by atoms with Gasteiger partial charge in [-0.25, -0.2) is 13.6 Å². The van der Waals surface area contributed by atoms with E-state index in [9.17, 15) is 8.42 Å². The molecular weight excluding hydrogens is 228 g/mol. The zero-order valence-electron chi connectivity index (χ0n) is 9.10. The smallest absolute Gasteiger partial charge is 0.209 e. The molecule has 0 aliphatic rings. The molecule has 0 bridgehead atoms. The topological polar surface area (TPSA) is 97.1 Å². The van der Waals surface area contributed by atoms with E-state index >= 15 is 0 Å². The Morgan fingerprint density at radius 1 is 1.38 bits per heavy atom. The maximum Gasteiger partial charge on any atom is 0.209 e. The van der Waals surface area contributed by atoms with Crippen molar-refractivity contribution >= 4 is 21.4 Å². The average molecular weight is 244 g/mol. The van der Waals surface area contributed by atoms with Gasteiger partial charge in [0.25, 0.3) is 0 Å². The number of primary sulfonamides is 1. The van der Waals surface area contributed by atoms with Gasteiger partial charge < -0.3 is 10.6 Å². The fourth-order valence-electron chi connectivity index (χ4n) is 1.18. The van der Waals surface area contributed by atoms with Gasteiger partial charge >= 0.3 is 0 Å². The lowest BCUT2D eigenvalue weighted by Gasteiger charge is -2.06. The predicted molar refractivity (Wildman–Crippen MR) is 64.9 cm³/mol. The lowest BCUT2D eigenvalue weighted by atomic mass is 10.3. The summed E-state index contributed by atoms with van der Waals surface area (Å²) in [6, 6.07) is 1.89. The second-order valence-corrected chi connectivity index (χ2v) is 5.09. The van der Waals surface area contributed by atoms with Crippen molar-refractivity contribution in [1.29, 1.82) is 0 Å². The summed E-state index contributed by atoms with van der Waals surface area (Å²) in [6.07, 6.45) is 3.86. The average Bonchev–Trinajstić information content (AvgIpc) is 2.23. The first-order valence-electron chi connectivity index (χ1n) is 4.88. The zero-order valence-corrected chi connectivity index (χ0v) is 9.92. The van der Waals surface area contributed by atoms with Crippen LogP contribution in [0.2, 0.25) is 0 Å². The van der Waals surface area contributed by atoms with E-state index in [2.05, 4.69) is 15.6 Å². The van der Waals surface area contributed by atoms with E-state index < -0.39 is 10.0 Å². The maximum atomic E-state index is 10.7. The van der Waals surface area contributed by atoms with Crippen LogP contribution in [0.3, 0.4) is 0 Å². The van der Waals surface area contributed by atoms with Crippen LogP contribution in [0.25, 0.3) is 0 Å². The van der Waals surface area contributed by atoms with Gasteiger partial charge in [0.05, 0.1) is 29.5 Å². The van der Waals surface area contributed by atoms with Crippen molar-refractivity contribution in [3.05, 3.63) is 18.5 Å². The van der Waals surface area contributed by atoms with Crippen molar-refractivity contribution in [2.45, 2.75) is 6.42 Å². The molecule has 0 aliphatic carbocycles. The Morgan fingerprint density at radius 3 is 2.69 bits per heavy atom. The molecule has 0 saturated heterocycles. The molecule has 6 nitrogen and oxygen atoms in total. The number of pyridine rings is 1. The molecule has 1 aromatic heterocycles. The van der Waals surface area contributed by atoms with Crippen LogP contribution < -0.4 is 15.8 Å². The standard InChI is InChI=1S/C9H16N4O2S/c1-11-8-5-9(7-12-6-8)13-3-2-4-16(10,14)15/h5-7,11,13H,2-4H2,1H3,(H2,10,14,15). The SMILES string of the molecule is CNc1cncc(NCCCS(N)(=O)=O)c1. The maximum absolute atomic E-state index is 10.7. The Hall–Kier alpha value is -1.34. The van der Waals surface area contributed by atoms with Crippen molar-refractivity contribution in [3.63, 3.8) is 0 Å². The summed E-state index contributed by atoms with van der Waals surface area (Å²) < 4.78 is 21.3. The monoisotopic (exact) mass is 244 g/mol. The number of nitrogens with one attached hydrogen (secondary N) is 2. The molecule has 0 spiro atoms. The van der Waals surface area contributed by atoms with E-state index in [1.807, 2.05) is 13.1 Å². The van der Waals surface area contributed by atoms with Gasteiger partial charge in [0.2, 0.25) is 10.0 Å². The van der Waals surface area contributed by atoms with Gasteiger partial charge in [-0.1, -0.05) is 0 Å². The molecule has 1 rings (SSSR count). The Labute approximate surface area is 95.3 Å². The second kappa shape index (κ2) is 5.66. The van der Waals surface area contributed by atoms with Crippen LogP contribution in [0.15, 0.2) is 18.5 Å². The Kier molecular flexibility index (Phi) is 4.51. The van der Waals surface area contributed by atoms with Gasteiger partial charge in [-0.15, -0.1) is 0 Å². The highest BCUT2D eigenvalue weighted by Crippen LogP contribution is 2.11. The molecule has 90 valence electrons. The Balaban J connectivity index is 2.37. The molecule has 1 aromatic rings. The molecule has 1 heterocycles. The van der Waals surface area contributed by atoms with Crippen molar-refractivity contribution in [2.75, 3.05) is 30.0 Å². The number of nitrogens with zero attached hydrogens (tertiary/aromatic N) is 1. The predicted octanol–water partition coefficient (Wildman–Crippen LogP) is 0.214. The van der Waals surface area contributed by atoms with Crippen molar-refractivity contribution < 1.29 is 8.42 Å². The minimum Gasteiger partial charge on any atom is -0.387 e. The minimum atomic E-state index is -3.36. The molecule has 0 aliphatic heterocycles. The number of hydrogen-bond donors (Lipinski definition) is 3. The van der Waals surface area contributed by atoms with Gasteiger partial charge in [0, 0.05) is 13.6 Å². The molecule has 0 aromatic carbocycles. The third kappa shape index (κ3) is 4.94. The van der Waals surface area contributed by atoms with E-state index in [1.54, 1.807) is 12.4 Å². The normalized spacial score (nSPS) is 11.1. The van der Waals surface area contributed by atoms with Crippen LogP contribution in [0, 0.1) is 0 Å². The van der Waals surface area contributed by atoms with Gasteiger partial charge in [0.15, 0.2) is 0 Å². The Morgan fingerprint density at radius 2 is 2.06 bits per heavy atom. The van der Waals surface area contributed by atoms with Gasteiger partial charge in [-0.3, -0.25) is 4.98 Å². The van der Waals surface area contributed by atoms with Crippen LogP contribution in [0.5, 0.6) is 0 Å². The van der Waals surface area contributed by atoms with Crippen molar-refractivity contribution in [3.8, 4) is 0 Å². The summed E-state index contributed by atoms with van der Waals surface area (Å²) in [7, 11) is -1.55. The molecule has 0 unspecified atom stereocenters. The van der Waals surface area contributed by atoms with Gasteiger partial charge in [0.1, 0.15) is 0 Å². The van der Waals surface area contributed by atoms with E-state index in [0.717, 1.165) is 11.4 Å². The van der Waals surface area contributed by atoms with E-state index in [1.165, 1.54) is 0 Å². The third-order valence-corrected chi connectivity index (χ3v) is 2.82. The highest BCUT2D eigenvalue weighted by atomic mass is 32.2. The number of hydrogen-bond acceptors (Lipinski definition) is 5. The van der Waals surface area contributed by atoms with Crippen molar-refractivity contribution in [1.82, 2.24) is 4.98 Å². The molecule has 4 N–H and O–H groups in total. The molecule has 16 heavy (non-hydrogen) atoms. The fraction of sp³-hybridized carbons (Fsp3) is 0.444. The van der Waals surface area contributed by atoms with Crippen LogP contribution in [0.4, 0.5) is 11.4 Å². The van der Waals surface area contributed by atoms with Gasteiger partial charge in [-0.05, 0) is 12.5 Å². The lowest BCUT2D eigenvalue weighted by molar-refractivity contribution is 0.596. The molecule has 0 atom stereocenters. The Bertz CT molecular complexity index is 433. The first kappa shape index (κ1) is 12.7. The van der Waals surface area contributed by atoms with Crippen LogP contribution in [-0.2, 0) is 10.0 Å². The molecule has 0 amide bonds. The number of nitrogens with two attached hydrogens (primary N) is 1. The van der Waals surface area contributed by atoms with Crippen LogP contribution >= 0.6 is 0 Å². The zero-order chi connectivity index (χ0) is 12.0. The van der Waals surface area contributed by atoms with E-state index in [-0.39, 0.29) is 5.75 Å². The summed E-state index contributed by atoms with van der Waals surface area (Å²) in [6.45, 7) is 0.547. The molecule has 0 fully saturated rings. The van der Waals surface area contributed by atoms with E-state index in [4.69, 9.17) is 5.14 Å². The lowest BCUT2D eigenvalue weighted by Crippen LogP contribution is -2.18. The van der Waals surface area contributed by atoms with Gasteiger partial charge in [-0.2, -0.15) is 0 Å². The summed E-state index contributed by atoms with van der Waals surface area (Å²) in [4.78, 5) is 4.02. The third-order valence-electron chi connectivity index (χ3n) is 1.96. The number of anilines is 2. The first-order valence-corrected chi connectivity index (χ1v) is 6.60.